The van der Waals surface area contributed by atoms with E-state index in [0.29, 0.717) is 22.9 Å². The number of rotatable bonds is 7. The number of fused-ring (bicyclic) bond motifs is 1. The number of benzene rings is 2. The van der Waals surface area contributed by atoms with Gasteiger partial charge in [0.25, 0.3) is 5.56 Å². The Labute approximate surface area is 174 Å². The highest BCUT2D eigenvalue weighted by molar-refractivity contribution is 5.76. The summed E-state index contributed by atoms with van der Waals surface area (Å²) in [5, 5.41) is 8.23. The van der Waals surface area contributed by atoms with E-state index >= 15 is 0 Å². The molecule has 0 aliphatic heterocycles. The SMILES string of the molecule is COc1ccccc1C(CC(C)C)Nc1nc2c(cnn2-c2ccccc2)c(=O)[nH]1. The van der Waals surface area contributed by atoms with E-state index in [2.05, 4.69) is 29.2 Å². The first-order chi connectivity index (χ1) is 14.6. The minimum Gasteiger partial charge on any atom is -0.496 e. The Bertz CT molecular complexity index is 1200. The van der Waals surface area contributed by atoms with Gasteiger partial charge in [-0.05, 0) is 30.5 Å². The van der Waals surface area contributed by atoms with Crippen LogP contribution in [0.5, 0.6) is 5.75 Å². The van der Waals surface area contributed by atoms with Crippen molar-refractivity contribution in [3.63, 3.8) is 0 Å². The molecule has 2 aromatic heterocycles. The number of hydrogen-bond donors (Lipinski definition) is 2. The second kappa shape index (κ2) is 8.41. The van der Waals surface area contributed by atoms with Gasteiger partial charge in [0.05, 0.1) is 25.0 Å². The Morgan fingerprint density at radius 2 is 1.83 bits per heavy atom. The zero-order valence-corrected chi connectivity index (χ0v) is 17.3. The van der Waals surface area contributed by atoms with Crippen molar-refractivity contribution in [2.24, 2.45) is 5.92 Å². The molecule has 0 aliphatic carbocycles. The molecule has 2 N–H and O–H groups in total. The normalized spacial score (nSPS) is 12.3. The summed E-state index contributed by atoms with van der Waals surface area (Å²) in [6.45, 7) is 4.32. The topological polar surface area (TPSA) is 84.8 Å². The van der Waals surface area contributed by atoms with Crippen LogP contribution in [-0.2, 0) is 0 Å². The van der Waals surface area contributed by atoms with Crippen LogP contribution in [0.1, 0.15) is 31.9 Å². The number of H-pyrrole nitrogens is 1. The predicted molar refractivity (Wildman–Crippen MR) is 118 cm³/mol. The monoisotopic (exact) mass is 403 g/mol. The van der Waals surface area contributed by atoms with E-state index in [0.717, 1.165) is 23.4 Å². The largest absolute Gasteiger partial charge is 0.496 e. The lowest BCUT2D eigenvalue weighted by molar-refractivity contribution is 0.402. The first-order valence-electron chi connectivity index (χ1n) is 9.99. The van der Waals surface area contributed by atoms with Gasteiger partial charge in [-0.1, -0.05) is 50.2 Å². The maximum Gasteiger partial charge on any atom is 0.263 e. The molecule has 1 unspecified atom stereocenters. The number of aromatic amines is 1. The number of para-hydroxylation sites is 2. The van der Waals surface area contributed by atoms with Crippen LogP contribution in [-0.4, -0.2) is 26.9 Å². The number of methoxy groups -OCH3 is 1. The molecule has 0 amide bonds. The van der Waals surface area contributed by atoms with Crippen molar-refractivity contribution in [3.05, 3.63) is 76.7 Å². The van der Waals surface area contributed by atoms with Gasteiger partial charge in [-0.25, -0.2) is 4.68 Å². The van der Waals surface area contributed by atoms with Gasteiger partial charge >= 0.3 is 0 Å². The summed E-state index contributed by atoms with van der Waals surface area (Å²) in [6.07, 6.45) is 2.39. The van der Waals surface area contributed by atoms with E-state index in [9.17, 15) is 4.79 Å². The van der Waals surface area contributed by atoms with E-state index in [1.54, 1.807) is 18.0 Å². The van der Waals surface area contributed by atoms with Crippen LogP contribution in [0.4, 0.5) is 5.95 Å². The van der Waals surface area contributed by atoms with Crippen molar-refractivity contribution in [1.29, 1.82) is 0 Å². The van der Waals surface area contributed by atoms with Crippen LogP contribution < -0.4 is 15.6 Å². The highest BCUT2D eigenvalue weighted by atomic mass is 16.5. The lowest BCUT2D eigenvalue weighted by atomic mass is 9.96. The predicted octanol–water partition coefficient (Wildman–Crippen LogP) is 4.32. The van der Waals surface area contributed by atoms with E-state index in [4.69, 9.17) is 9.72 Å². The minimum absolute atomic E-state index is 0.0742. The van der Waals surface area contributed by atoms with E-state index in [1.807, 2.05) is 54.6 Å². The Hall–Kier alpha value is -3.61. The van der Waals surface area contributed by atoms with Gasteiger partial charge in [0, 0.05) is 5.56 Å². The molecule has 0 radical (unpaired) electrons. The molecule has 0 bridgehead atoms. The Morgan fingerprint density at radius 3 is 2.57 bits per heavy atom. The summed E-state index contributed by atoms with van der Waals surface area (Å²) in [4.78, 5) is 20.2. The third-order valence-electron chi connectivity index (χ3n) is 4.97. The van der Waals surface area contributed by atoms with Gasteiger partial charge in [-0.2, -0.15) is 10.1 Å². The number of anilines is 1. The molecule has 0 spiro atoms. The van der Waals surface area contributed by atoms with Crippen molar-refractivity contribution in [1.82, 2.24) is 19.7 Å². The van der Waals surface area contributed by atoms with Crippen LogP contribution >= 0.6 is 0 Å². The third-order valence-corrected chi connectivity index (χ3v) is 4.97. The molecule has 2 aromatic carbocycles. The fourth-order valence-electron chi connectivity index (χ4n) is 3.60. The highest BCUT2D eigenvalue weighted by Gasteiger charge is 2.19. The van der Waals surface area contributed by atoms with Crippen LogP contribution in [0.2, 0.25) is 0 Å². The standard InChI is InChI=1S/C23H25N5O2/c1-15(2)13-19(17-11-7-8-12-20(17)30-3)25-23-26-21-18(22(29)27-23)14-24-28(21)16-9-5-4-6-10-16/h4-12,14-15,19H,13H2,1-3H3,(H2,25,26,27,29). The van der Waals surface area contributed by atoms with Gasteiger partial charge in [-0.15, -0.1) is 0 Å². The summed E-state index contributed by atoms with van der Waals surface area (Å²) in [7, 11) is 1.66. The molecule has 0 saturated carbocycles. The fourth-order valence-corrected chi connectivity index (χ4v) is 3.60. The molecule has 4 aromatic rings. The van der Waals surface area contributed by atoms with Crippen LogP contribution in [0, 0.1) is 5.92 Å². The maximum atomic E-state index is 12.7. The molecule has 7 nitrogen and oxygen atoms in total. The average molecular weight is 403 g/mol. The number of ether oxygens (including phenoxy) is 1. The molecular weight excluding hydrogens is 378 g/mol. The van der Waals surface area contributed by atoms with Crippen molar-refractivity contribution < 1.29 is 4.74 Å². The van der Waals surface area contributed by atoms with Gasteiger partial charge in [-0.3, -0.25) is 9.78 Å². The van der Waals surface area contributed by atoms with E-state index in [1.165, 1.54) is 0 Å². The summed E-state index contributed by atoms with van der Waals surface area (Å²) in [6, 6.07) is 17.5. The Morgan fingerprint density at radius 1 is 1.10 bits per heavy atom. The molecule has 0 aliphatic rings. The molecule has 0 saturated heterocycles. The molecule has 0 fully saturated rings. The lowest BCUT2D eigenvalue weighted by Gasteiger charge is -2.23. The first kappa shape index (κ1) is 19.7. The first-order valence-corrected chi connectivity index (χ1v) is 9.99. The average Bonchev–Trinajstić information content (AvgIpc) is 3.18. The van der Waals surface area contributed by atoms with Gasteiger partial charge in [0.1, 0.15) is 11.1 Å². The summed E-state index contributed by atoms with van der Waals surface area (Å²) >= 11 is 0. The quantitative estimate of drug-likeness (QED) is 0.480. The van der Waals surface area contributed by atoms with Crippen molar-refractivity contribution >= 4 is 17.0 Å². The van der Waals surface area contributed by atoms with Gasteiger partial charge in [0.2, 0.25) is 5.95 Å². The second-order valence-electron chi connectivity index (χ2n) is 7.61. The van der Waals surface area contributed by atoms with Gasteiger partial charge < -0.3 is 10.1 Å². The van der Waals surface area contributed by atoms with Crippen molar-refractivity contribution in [2.75, 3.05) is 12.4 Å². The third kappa shape index (κ3) is 3.91. The Balaban J connectivity index is 1.77. The number of aromatic nitrogens is 4. The van der Waals surface area contributed by atoms with Crippen LogP contribution in [0.15, 0.2) is 65.6 Å². The van der Waals surface area contributed by atoms with Crippen LogP contribution in [0.3, 0.4) is 0 Å². The van der Waals surface area contributed by atoms with Crippen molar-refractivity contribution in [2.45, 2.75) is 26.3 Å². The van der Waals surface area contributed by atoms with Crippen LogP contribution in [0.25, 0.3) is 16.7 Å². The molecule has 2 heterocycles. The fraction of sp³-hybridized carbons (Fsp3) is 0.261. The second-order valence-corrected chi connectivity index (χ2v) is 7.61. The molecule has 154 valence electrons. The summed E-state index contributed by atoms with van der Waals surface area (Å²) in [5.41, 5.74) is 2.15. The number of hydrogen-bond acceptors (Lipinski definition) is 5. The molecular formula is C23H25N5O2. The molecule has 30 heavy (non-hydrogen) atoms. The molecule has 1 atom stereocenters. The highest BCUT2D eigenvalue weighted by Crippen LogP contribution is 2.31. The summed E-state index contributed by atoms with van der Waals surface area (Å²) in [5.74, 6) is 1.63. The molecule has 7 heteroatoms. The summed E-state index contributed by atoms with van der Waals surface area (Å²) < 4.78 is 7.23. The number of nitrogens with zero attached hydrogens (tertiary/aromatic N) is 3. The zero-order chi connectivity index (χ0) is 21.1. The van der Waals surface area contributed by atoms with Gasteiger partial charge in [0.15, 0.2) is 5.65 Å². The van der Waals surface area contributed by atoms with E-state index in [-0.39, 0.29) is 11.6 Å². The number of nitrogens with one attached hydrogen (secondary N) is 2. The maximum absolute atomic E-state index is 12.7. The van der Waals surface area contributed by atoms with E-state index < -0.39 is 0 Å². The zero-order valence-electron chi connectivity index (χ0n) is 17.3. The smallest absolute Gasteiger partial charge is 0.263 e. The lowest BCUT2D eigenvalue weighted by Crippen LogP contribution is -2.19. The van der Waals surface area contributed by atoms with Crippen molar-refractivity contribution in [3.8, 4) is 11.4 Å². The molecule has 4 rings (SSSR count). The minimum atomic E-state index is -0.229. The Kier molecular flexibility index (Phi) is 5.52.